The number of nitro benzene ring substituents is 1. The van der Waals surface area contributed by atoms with E-state index < -0.39 is 22.4 Å². The van der Waals surface area contributed by atoms with Crippen molar-refractivity contribution in [1.29, 1.82) is 0 Å². The van der Waals surface area contributed by atoms with Gasteiger partial charge in [0.2, 0.25) is 0 Å². The summed E-state index contributed by atoms with van der Waals surface area (Å²) < 4.78 is 0. The van der Waals surface area contributed by atoms with Crippen LogP contribution in [-0.2, 0) is 4.79 Å². The van der Waals surface area contributed by atoms with E-state index in [4.69, 9.17) is 11.6 Å². The SMILES string of the molecule is O=C(/C=C/c1cccc2ccccc12)NNC(=O)c1ccc(Cl)c([N+](=O)[O-])c1. The Morgan fingerprint density at radius 3 is 2.54 bits per heavy atom. The molecule has 3 aromatic carbocycles. The minimum Gasteiger partial charge on any atom is -0.268 e. The lowest BCUT2D eigenvalue weighted by Crippen LogP contribution is -2.40. The van der Waals surface area contributed by atoms with E-state index in [1.165, 1.54) is 18.2 Å². The molecular formula is C20H14ClN3O4. The van der Waals surface area contributed by atoms with Gasteiger partial charge in [0.15, 0.2) is 0 Å². The second-order valence-electron chi connectivity index (χ2n) is 5.77. The summed E-state index contributed by atoms with van der Waals surface area (Å²) in [5, 5.41) is 12.8. The molecule has 2 N–H and O–H groups in total. The first-order valence-corrected chi connectivity index (χ1v) is 8.53. The number of rotatable bonds is 4. The highest BCUT2D eigenvalue weighted by Crippen LogP contribution is 2.25. The van der Waals surface area contributed by atoms with Gasteiger partial charge in [0.1, 0.15) is 5.02 Å². The fourth-order valence-corrected chi connectivity index (χ4v) is 2.77. The van der Waals surface area contributed by atoms with Gasteiger partial charge in [-0.3, -0.25) is 30.6 Å². The number of nitrogens with zero attached hydrogens (tertiary/aromatic N) is 1. The van der Waals surface area contributed by atoms with Crippen molar-refractivity contribution in [2.24, 2.45) is 0 Å². The van der Waals surface area contributed by atoms with Crippen molar-refractivity contribution in [3.05, 3.63) is 93.0 Å². The number of hydrogen-bond donors (Lipinski definition) is 2. The van der Waals surface area contributed by atoms with Gasteiger partial charge in [-0.2, -0.15) is 0 Å². The molecule has 0 unspecified atom stereocenters. The largest absolute Gasteiger partial charge is 0.288 e. The normalized spacial score (nSPS) is 10.8. The standard InChI is InChI=1S/C20H14ClN3O4/c21-17-10-8-15(12-18(17)24(27)28)20(26)23-22-19(25)11-9-14-6-3-5-13-4-1-2-7-16(13)14/h1-12H,(H,22,25)(H,23,26)/b11-9+. The van der Waals surface area contributed by atoms with Crippen molar-refractivity contribution in [3.8, 4) is 0 Å². The highest BCUT2D eigenvalue weighted by Gasteiger charge is 2.16. The smallest absolute Gasteiger partial charge is 0.268 e. The van der Waals surface area contributed by atoms with Gasteiger partial charge in [0.25, 0.3) is 17.5 Å². The molecule has 140 valence electrons. The number of halogens is 1. The molecule has 0 bridgehead atoms. The van der Waals surface area contributed by atoms with Crippen LogP contribution in [0.4, 0.5) is 5.69 Å². The molecule has 0 heterocycles. The Bertz CT molecular complexity index is 1110. The van der Waals surface area contributed by atoms with Crippen molar-refractivity contribution in [2.75, 3.05) is 0 Å². The predicted octanol–water partition coefficient (Wildman–Crippen LogP) is 3.88. The first-order chi connectivity index (χ1) is 13.5. The minimum absolute atomic E-state index is 0.00515. The molecule has 0 aromatic heterocycles. The van der Waals surface area contributed by atoms with Crippen LogP contribution < -0.4 is 10.9 Å². The van der Waals surface area contributed by atoms with Crippen LogP contribution in [0.2, 0.25) is 5.02 Å². The summed E-state index contributed by atoms with van der Waals surface area (Å²) in [5.74, 6) is -1.25. The maximum Gasteiger partial charge on any atom is 0.288 e. The fourth-order valence-electron chi connectivity index (χ4n) is 2.59. The number of amides is 2. The van der Waals surface area contributed by atoms with Gasteiger partial charge in [0, 0.05) is 17.7 Å². The molecule has 0 aliphatic heterocycles. The molecule has 0 saturated heterocycles. The van der Waals surface area contributed by atoms with Crippen molar-refractivity contribution < 1.29 is 14.5 Å². The fraction of sp³-hybridized carbons (Fsp3) is 0. The lowest BCUT2D eigenvalue weighted by atomic mass is 10.0. The number of nitro groups is 1. The third-order valence-electron chi connectivity index (χ3n) is 3.94. The molecule has 28 heavy (non-hydrogen) atoms. The lowest BCUT2D eigenvalue weighted by molar-refractivity contribution is -0.384. The van der Waals surface area contributed by atoms with E-state index in [0.29, 0.717) is 0 Å². The van der Waals surface area contributed by atoms with Gasteiger partial charge in [-0.15, -0.1) is 0 Å². The summed E-state index contributed by atoms with van der Waals surface area (Å²) in [6.45, 7) is 0. The maximum absolute atomic E-state index is 12.1. The Kier molecular flexibility index (Phi) is 5.67. The zero-order chi connectivity index (χ0) is 20.1. The van der Waals surface area contributed by atoms with E-state index in [9.17, 15) is 19.7 Å². The zero-order valence-electron chi connectivity index (χ0n) is 14.4. The minimum atomic E-state index is -0.702. The molecule has 3 aromatic rings. The number of benzene rings is 3. The van der Waals surface area contributed by atoms with Gasteiger partial charge < -0.3 is 0 Å². The Morgan fingerprint density at radius 1 is 1.00 bits per heavy atom. The third-order valence-corrected chi connectivity index (χ3v) is 4.26. The Morgan fingerprint density at radius 2 is 1.75 bits per heavy atom. The van der Waals surface area contributed by atoms with Gasteiger partial charge >= 0.3 is 0 Å². The molecule has 0 saturated carbocycles. The van der Waals surface area contributed by atoms with Crippen LogP contribution in [0, 0.1) is 10.1 Å². The molecule has 0 spiro atoms. The van der Waals surface area contributed by atoms with Crippen LogP contribution in [0.15, 0.2) is 66.7 Å². The van der Waals surface area contributed by atoms with Crippen molar-refractivity contribution in [1.82, 2.24) is 10.9 Å². The quantitative estimate of drug-likeness (QED) is 0.397. The summed E-state index contributed by atoms with van der Waals surface area (Å²) in [7, 11) is 0. The first kappa shape index (κ1) is 19.1. The molecule has 7 nitrogen and oxygen atoms in total. The van der Waals surface area contributed by atoms with Crippen LogP contribution >= 0.6 is 11.6 Å². The predicted molar refractivity (Wildman–Crippen MR) is 107 cm³/mol. The van der Waals surface area contributed by atoms with E-state index >= 15 is 0 Å². The van der Waals surface area contributed by atoms with Crippen LogP contribution in [-0.4, -0.2) is 16.7 Å². The number of hydrazine groups is 1. The summed E-state index contributed by atoms with van der Waals surface area (Å²) in [5.41, 5.74) is 4.89. The molecule has 8 heteroatoms. The van der Waals surface area contributed by atoms with E-state index in [2.05, 4.69) is 10.9 Å². The number of carbonyl (C=O) groups excluding carboxylic acids is 2. The molecule has 0 aliphatic rings. The van der Waals surface area contributed by atoms with Crippen LogP contribution in [0.1, 0.15) is 15.9 Å². The first-order valence-electron chi connectivity index (χ1n) is 8.16. The highest BCUT2D eigenvalue weighted by atomic mass is 35.5. The van der Waals surface area contributed by atoms with Crippen LogP contribution in [0.25, 0.3) is 16.8 Å². The number of fused-ring (bicyclic) bond motifs is 1. The number of carbonyl (C=O) groups is 2. The summed E-state index contributed by atoms with van der Waals surface area (Å²) in [4.78, 5) is 34.2. The average Bonchev–Trinajstić information content (AvgIpc) is 2.70. The lowest BCUT2D eigenvalue weighted by Gasteiger charge is -2.06. The summed E-state index contributed by atoms with van der Waals surface area (Å²) in [6, 6.07) is 17.1. The second-order valence-corrected chi connectivity index (χ2v) is 6.18. The second kappa shape index (κ2) is 8.32. The average molecular weight is 396 g/mol. The number of hydrogen-bond acceptors (Lipinski definition) is 4. The van der Waals surface area contributed by atoms with E-state index in [-0.39, 0.29) is 10.6 Å². The summed E-state index contributed by atoms with van der Waals surface area (Å²) in [6.07, 6.45) is 2.92. The van der Waals surface area contributed by atoms with Crippen LogP contribution in [0.5, 0.6) is 0 Å². The topological polar surface area (TPSA) is 101 Å². The van der Waals surface area contributed by atoms with Crippen molar-refractivity contribution >= 4 is 46.0 Å². The van der Waals surface area contributed by atoms with E-state index in [1.54, 1.807) is 6.08 Å². The molecule has 0 fully saturated rings. The van der Waals surface area contributed by atoms with E-state index in [1.807, 2.05) is 42.5 Å². The molecule has 0 atom stereocenters. The van der Waals surface area contributed by atoms with Gasteiger partial charge in [-0.25, -0.2) is 0 Å². The zero-order valence-corrected chi connectivity index (χ0v) is 15.1. The Balaban J connectivity index is 1.65. The van der Waals surface area contributed by atoms with Gasteiger partial charge in [0.05, 0.1) is 4.92 Å². The molecule has 0 aliphatic carbocycles. The van der Waals surface area contributed by atoms with E-state index in [0.717, 1.165) is 22.4 Å². The Labute approximate surface area is 164 Å². The van der Waals surface area contributed by atoms with Gasteiger partial charge in [-0.05, 0) is 34.5 Å². The molecule has 2 amide bonds. The van der Waals surface area contributed by atoms with Crippen LogP contribution in [0.3, 0.4) is 0 Å². The van der Waals surface area contributed by atoms with Crippen molar-refractivity contribution in [3.63, 3.8) is 0 Å². The maximum atomic E-state index is 12.1. The van der Waals surface area contributed by atoms with Gasteiger partial charge in [-0.1, -0.05) is 54.1 Å². The molecule has 0 radical (unpaired) electrons. The summed E-state index contributed by atoms with van der Waals surface area (Å²) >= 11 is 5.71. The molecular weight excluding hydrogens is 382 g/mol. The monoisotopic (exact) mass is 395 g/mol. The number of nitrogens with one attached hydrogen (secondary N) is 2. The molecule has 3 rings (SSSR count). The third kappa shape index (κ3) is 4.33. The highest BCUT2D eigenvalue weighted by molar-refractivity contribution is 6.32. The Hall–Kier alpha value is -3.71. The van der Waals surface area contributed by atoms with Crippen molar-refractivity contribution in [2.45, 2.75) is 0 Å².